The predicted octanol–water partition coefficient (Wildman–Crippen LogP) is 3.43. The zero-order valence-corrected chi connectivity index (χ0v) is 16.3. The molecule has 0 radical (unpaired) electrons. The second kappa shape index (κ2) is 8.17. The standard InChI is InChI=1S/C20H27N3O3/c1-12(2)11-23-15(5)17(14(4)22-23)10-19(24)21-18-9-16(20(25)26-6)8-7-13(18)3/h7-9,12H,10-11H2,1-6H3,(H,21,24). The number of anilines is 1. The molecule has 1 heterocycles. The highest BCUT2D eigenvalue weighted by atomic mass is 16.5. The molecule has 0 aliphatic carbocycles. The van der Waals surface area contributed by atoms with Gasteiger partial charge in [0.15, 0.2) is 0 Å². The summed E-state index contributed by atoms with van der Waals surface area (Å²) >= 11 is 0. The van der Waals surface area contributed by atoms with E-state index in [1.54, 1.807) is 18.2 Å². The molecule has 6 heteroatoms. The van der Waals surface area contributed by atoms with Crippen molar-refractivity contribution in [3.05, 3.63) is 46.3 Å². The van der Waals surface area contributed by atoms with Crippen molar-refractivity contribution in [2.75, 3.05) is 12.4 Å². The van der Waals surface area contributed by atoms with E-state index in [4.69, 9.17) is 4.74 Å². The highest BCUT2D eigenvalue weighted by molar-refractivity contribution is 5.96. The van der Waals surface area contributed by atoms with Gasteiger partial charge in [0.25, 0.3) is 0 Å². The van der Waals surface area contributed by atoms with Gasteiger partial charge < -0.3 is 10.1 Å². The Morgan fingerprint density at radius 3 is 2.54 bits per heavy atom. The third-order valence-electron chi connectivity index (χ3n) is 4.34. The van der Waals surface area contributed by atoms with Crippen LogP contribution < -0.4 is 5.32 Å². The Morgan fingerprint density at radius 1 is 1.23 bits per heavy atom. The summed E-state index contributed by atoms with van der Waals surface area (Å²) in [6.45, 7) is 10.9. The number of nitrogens with one attached hydrogen (secondary N) is 1. The number of methoxy groups -OCH3 is 1. The summed E-state index contributed by atoms with van der Waals surface area (Å²) in [6, 6.07) is 5.11. The van der Waals surface area contributed by atoms with E-state index in [1.165, 1.54) is 7.11 Å². The topological polar surface area (TPSA) is 73.2 Å². The Labute approximate surface area is 154 Å². The number of carbonyl (C=O) groups excluding carboxylic acids is 2. The summed E-state index contributed by atoms with van der Waals surface area (Å²) in [5.41, 5.74) is 4.75. The molecule has 2 rings (SSSR count). The monoisotopic (exact) mass is 357 g/mol. The fraction of sp³-hybridized carbons (Fsp3) is 0.450. The summed E-state index contributed by atoms with van der Waals surface area (Å²) in [4.78, 5) is 24.2. The molecule has 1 aromatic heterocycles. The van der Waals surface area contributed by atoms with Gasteiger partial charge in [0.1, 0.15) is 0 Å². The second-order valence-electron chi connectivity index (χ2n) is 6.97. The highest BCUT2D eigenvalue weighted by Crippen LogP contribution is 2.20. The molecule has 0 aliphatic heterocycles. The van der Waals surface area contributed by atoms with Crippen LogP contribution in [0, 0.1) is 26.7 Å². The van der Waals surface area contributed by atoms with E-state index < -0.39 is 5.97 Å². The summed E-state index contributed by atoms with van der Waals surface area (Å²) < 4.78 is 6.70. The molecule has 140 valence electrons. The molecule has 0 spiro atoms. The van der Waals surface area contributed by atoms with Crippen LogP contribution in [-0.4, -0.2) is 28.8 Å². The van der Waals surface area contributed by atoms with Crippen LogP contribution in [0.3, 0.4) is 0 Å². The van der Waals surface area contributed by atoms with Crippen molar-refractivity contribution in [2.24, 2.45) is 5.92 Å². The number of benzene rings is 1. The lowest BCUT2D eigenvalue weighted by molar-refractivity contribution is -0.115. The number of esters is 1. The molecule has 0 aliphatic rings. The van der Waals surface area contributed by atoms with Crippen LogP contribution in [0.1, 0.15) is 46.7 Å². The lowest BCUT2D eigenvalue weighted by atomic mass is 10.1. The van der Waals surface area contributed by atoms with Crippen molar-refractivity contribution in [3.8, 4) is 0 Å². The molecule has 0 saturated carbocycles. The molecule has 1 aromatic carbocycles. The Kier molecular flexibility index (Phi) is 6.18. The molecule has 26 heavy (non-hydrogen) atoms. The van der Waals surface area contributed by atoms with Gasteiger partial charge in [-0.15, -0.1) is 0 Å². The van der Waals surface area contributed by atoms with E-state index in [1.807, 2.05) is 25.5 Å². The first-order valence-corrected chi connectivity index (χ1v) is 8.74. The van der Waals surface area contributed by atoms with Crippen LogP contribution in [0.2, 0.25) is 0 Å². The average molecular weight is 357 g/mol. The molecule has 1 amide bonds. The van der Waals surface area contributed by atoms with Crippen LogP contribution in [0.25, 0.3) is 0 Å². The van der Waals surface area contributed by atoms with Crippen LogP contribution in [0.5, 0.6) is 0 Å². The predicted molar refractivity (Wildman–Crippen MR) is 101 cm³/mol. The van der Waals surface area contributed by atoms with Crippen molar-refractivity contribution in [3.63, 3.8) is 0 Å². The average Bonchev–Trinajstić information content (AvgIpc) is 2.83. The largest absolute Gasteiger partial charge is 0.465 e. The Morgan fingerprint density at radius 2 is 1.92 bits per heavy atom. The first kappa shape index (κ1) is 19.7. The number of amides is 1. The molecule has 1 N–H and O–H groups in total. The van der Waals surface area contributed by atoms with Crippen LogP contribution in [0.4, 0.5) is 5.69 Å². The lowest BCUT2D eigenvalue weighted by Crippen LogP contribution is -2.17. The fourth-order valence-corrected chi connectivity index (χ4v) is 2.87. The van der Waals surface area contributed by atoms with E-state index in [-0.39, 0.29) is 12.3 Å². The third-order valence-corrected chi connectivity index (χ3v) is 4.34. The molecule has 2 aromatic rings. The fourth-order valence-electron chi connectivity index (χ4n) is 2.87. The third kappa shape index (κ3) is 4.50. The normalized spacial score (nSPS) is 10.9. The molecule has 6 nitrogen and oxygen atoms in total. The zero-order chi connectivity index (χ0) is 19.4. The molecular weight excluding hydrogens is 330 g/mol. The SMILES string of the molecule is COC(=O)c1ccc(C)c(NC(=O)Cc2c(C)nn(CC(C)C)c2C)c1. The van der Waals surface area contributed by atoms with Gasteiger partial charge in [-0.1, -0.05) is 19.9 Å². The maximum Gasteiger partial charge on any atom is 0.337 e. The van der Waals surface area contributed by atoms with E-state index in [0.717, 1.165) is 29.1 Å². The van der Waals surface area contributed by atoms with Gasteiger partial charge in [0, 0.05) is 23.5 Å². The van der Waals surface area contributed by atoms with Crippen molar-refractivity contribution in [1.29, 1.82) is 0 Å². The summed E-state index contributed by atoms with van der Waals surface area (Å²) in [6.07, 6.45) is 0.248. The van der Waals surface area contributed by atoms with Gasteiger partial charge in [-0.05, 0) is 44.4 Å². The maximum atomic E-state index is 12.6. The molecular formula is C20H27N3O3. The zero-order valence-electron chi connectivity index (χ0n) is 16.3. The number of ether oxygens (including phenoxy) is 1. The molecule has 0 saturated heterocycles. The summed E-state index contributed by atoms with van der Waals surface area (Å²) in [5.74, 6) is -0.0778. The molecule has 0 fully saturated rings. The quantitative estimate of drug-likeness (QED) is 0.804. The van der Waals surface area contributed by atoms with Gasteiger partial charge in [-0.3, -0.25) is 9.48 Å². The van der Waals surface area contributed by atoms with Gasteiger partial charge in [-0.25, -0.2) is 4.79 Å². The lowest BCUT2D eigenvalue weighted by Gasteiger charge is -2.11. The summed E-state index contributed by atoms with van der Waals surface area (Å²) in [5, 5.41) is 7.45. The van der Waals surface area contributed by atoms with Gasteiger partial charge in [0.2, 0.25) is 5.91 Å². The Bertz CT molecular complexity index is 822. The maximum absolute atomic E-state index is 12.6. The van der Waals surface area contributed by atoms with E-state index in [2.05, 4.69) is 24.3 Å². The minimum atomic E-state index is -0.429. The van der Waals surface area contributed by atoms with Crippen LogP contribution in [-0.2, 0) is 22.5 Å². The van der Waals surface area contributed by atoms with Crippen molar-refractivity contribution in [1.82, 2.24) is 9.78 Å². The number of carbonyl (C=O) groups is 2. The molecule has 0 unspecified atom stereocenters. The van der Waals surface area contributed by atoms with Crippen LogP contribution >= 0.6 is 0 Å². The number of nitrogens with zero attached hydrogens (tertiary/aromatic N) is 2. The number of hydrogen-bond donors (Lipinski definition) is 1. The summed E-state index contributed by atoms with van der Waals surface area (Å²) in [7, 11) is 1.33. The van der Waals surface area contributed by atoms with E-state index >= 15 is 0 Å². The minimum Gasteiger partial charge on any atom is -0.465 e. The van der Waals surface area contributed by atoms with Crippen molar-refractivity contribution < 1.29 is 14.3 Å². The van der Waals surface area contributed by atoms with Gasteiger partial charge in [-0.2, -0.15) is 5.10 Å². The van der Waals surface area contributed by atoms with E-state index in [9.17, 15) is 9.59 Å². The van der Waals surface area contributed by atoms with Gasteiger partial charge >= 0.3 is 5.97 Å². The first-order chi connectivity index (χ1) is 12.2. The minimum absolute atomic E-state index is 0.134. The number of rotatable bonds is 6. The van der Waals surface area contributed by atoms with Crippen LogP contribution in [0.15, 0.2) is 18.2 Å². The number of aryl methyl sites for hydroxylation is 2. The smallest absolute Gasteiger partial charge is 0.337 e. The van der Waals surface area contributed by atoms with Crippen molar-refractivity contribution >= 4 is 17.6 Å². The Hall–Kier alpha value is -2.63. The first-order valence-electron chi connectivity index (χ1n) is 8.74. The Balaban J connectivity index is 2.17. The van der Waals surface area contributed by atoms with E-state index in [0.29, 0.717) is 17.2 Å². The van der Waals surface area contributed by atoms with Crippen molar-refractivity contribution in [2.45, 2.75) is 47.6 Å². The molecule has 0 bridgehead atoms. The second-order valence-corrected chi connectivity index (χ2v) is 6.97. The number of aromatic nitrogens is 2. The highest BCUT2D eigenvalue weighted by Gasteiger charge is 2.17. The van der Waals surface area contributed by atoms with Gasteiger partial charge in [0.05, 0.1) is 24.8 Å². The molecule has 0 atom stereocenters. The number of hydrogen-bond acceptors (Lipinski definition) is 4.